The van der Waals surface area contributed by atoms with Crippen molar-refractivity contribution in [2.45, 2.75) is 31.3 Å². The van der Waals surface area contributed by atoms with Crippen LogP contribution in [0.2, 0.25) is 0 Å². The normalized spacial score (nSPS) is 10.5. The largest absolute Gasteiger partial charge is 0.302 e. The van der Waals surface area contributed by atoms with Crippen molar-refractivity contribution in [3.05, 3.63) is 29.6 Å². The lowest BCUT2D eigenvalue weighted by Gasteiger charge is -2.03. The summed E-state index contributed by atoms with van der Waals surface area (Å²) in [5.74, 6) is 1.44. The number of thiazole rings is 1. The van der Waals surface area contributed by atoms with Crippen molar-refractivity contribution in [3.63, 3.8) is 0 Å². The van der Waals surface area contributed by atoms with Crippen molar-refractivity contribution < 1.29 is 4.79 Å². The molecule has 2 aromatic heterocycles. The molecule has 0 aliphatic heterocycles. The lowest BCUT2D eigenvalue weighted by Crippen LogP contribution is -2.05. The second-order valence-corrected chi connectivity index (χ2v) is 5.84. The topological polar surface area (TPSA) is 72.7 Å². The molecule has 0 saturated carbocycles. The summed E-state index contributed by atoms with van der Waals surface area (Å²) < 4.78 is 2.00. The van der Waals surface area contributed by atoms with Gasteiger partial charge in [-0.05, 0) is 6.92 Å². The number of nitrogens with zero attached hydrogens (tertiary/aromatic N) is 4. The van der Waals surface area contributed by atoms with E-state index < -0.39 is 0 Å². The summed E-state index contributed by atoms with van der Waals surface area (Å²) in [7, 11) is 0. The third kappa shape index (κ3) is 3.67. The molecule has 8 heteroatoms. The quantitative estimate of drug-likeness (QED) is 0.655. The van der Waals surface area contributed by atoms with Crippen LogP contribution in [0.5, 0.6) is 0 Å². The summed E-state index contributed by atoms with van der Waals surface area (Å²) in [4.78, 5) is 15.3. The molecule has 0 atom stereocenters. The molecule has 0 aliphatic carbocycles. The smallest absolute Gasteiger partial charge is 0.223 e. The molecular formula is C12H15N5OS2. The van der Waals surface area contributed by atoms with Crippen molar-refractivity contribution in [1.29, 1.82) is 0 Å². The number of amides is 1. The fraction of sp³-hybridized carbons (Fsp3) is 0.333. The van der Waals surface area contributed by atoms with Crippen molar-refractivity contribution in [1.82, 2.24) is 19.7 Å². The number of rotatable bonds is 6. The minimum Gasteiger partial charge on any atom is -0.302 e. The van der Waals surface area contributed by atoms with Crippen molar-refractivity contribution in [2.24, 2.45) is 0 Å². The molecule has 1 N–H and O–H groups in total. The highest BCUT2D eigenvalue weighted by atomic mass is 32.2. The van der Waals surface area contributed by atoms with Gasteiger partial charge in [0.15, 0.2) is 10.3 Å². The van der Waals surface area contributed by atoms with Crippen LogP contribution in [0.25, 0.3) is 0 Å². The molecule has 2 aromatic rings. The van der Waals surface area contributed by atoms with Crippen molar-refractivity contribution >= 4 is 34.1 Å². The monoisotopic (exact) mass is 309 g/mol. The SMILES string of the molecule is C=CCn1c(C)nnc1SCc1csc(NC(C)=O)n1. The molecule has 0 radical (unpaired) electrons. The van der Waals surface area contributed by atoms with E-state index in [0.717, 1.165) is 16.7 Å². The second kappa shape index (κ2) is 6.67. The molecule has 0 bridgehead atoms. The number of carbonyl (C=O) groups is 1. The van der Waals surface area contributed by atoms with Gasteiger partial charge in [0.1, 0.15) is 5.82 Å². The number of allylic oxidation sites excluding steroid dienone is 1. The molecule has 0 aliphatic rings. The third-order valence-electron chi connectivity index (χ3n) is 2.40. The first-order chi connectivity index (χ1) is 9.60. The van der Waals surface area contributed by atoms with Crippen LogP contribution in [0, 0.1) is 6.92 Å². The van der Waals surface area contributed by atoms with E-state index in [2.05, 4.69) is 27.1 Å². The van der Waals surface area contributed by atoms with Gasteiger partial charge in [0, 0.05) is 24.6 Å². The number of nitrogens with one attached hydrogen (secondary N) is 1. The molecule has 2 heterocycles. The Bertz CT molecular complexity index is 619. The maximum atomic E-state index is 10.9. The van der Waals surface area contributed by atoms with Gasteiger partial charge in [-0.15, -0.1) is 28.1 Å². The number of carbonyl (C=O) groups excluding carboxylic acids is 1. The van der Waals surface area contributed by atoms with Gasteiger partial charge < -0.3 is 9.88 Å². The summed E-state index contributed by atoms with van der Waals surface area (Å²) in [6.07, 6.45) is 1.82. The Morgan fingerprint density at radius 2 is 2.40 bits per heavy atom. The second-order valence-electron chi connectivity index (χ2n) is 4.04. The van der Waals surface area contributed by atoms with Gasteiger partial charge >= 0.3 is 0 Å². The molecular weight excluding hydrogens is 294 g/mol. The Morgan fingerprint density at radius 3 is 3.10 bits per heavy atom. The molecule has 0 saturated heterocycles. The molecule has 0 aromatic carbocycles. The summed E-state index contributed by atoms with van der Waals surface area (Å²) in [5, 5.41) is 14.3. The maximum absolute atomic E-state index is 10.9. The van der Waals surface area contributed by atoms with Crippen LogP contribution in [0.3, 0.4) is 0 Å². The van der Waals surface area contributed by atoms with Crippen LogP contribution in [-0.4, -0.2) is 25.7 Å². The minimum absolute atomic E-state index is 0.111. The predicted molar refractivity (Wildman–Crippen MR) is 80.9 cm³/mol. The average Bonchev–Trinajstić information content (AvgIpc) is 2.96. The van der Waals surface area contributed by atoms with E-state index in [1.807, 2.05) is 22.9 Å². The zero-order valence-corrected chi connectivity index (χ0v) is 12.9. The van der Waals surface area contributed by atoms with E-state index in [-0.39, 0.29) is 5.91 Å². The van der Waals surface area contributed by atoms with Crippen LogP contribution in [0.4, 0.5) is 5.13 Å². The first-order valence-corrected chi connectivity index (χ1v) is 7.82. The Balaban J connectivity index is 2.00. The van der Waals surface area contributed by atoms with Gasteiger partial charge in [-0.25, -0.2) is 4.98 Å². The number of aryl methyl sites for hydroxylation is 1. The third-order valence-corrected chi connectivity index (χ3v) is 4.20. The van der Waals surface area contributed by atoms with Gasteiger partial charge in [0.25, 0.3) is 0 Å². The Morgan fingerprint density at radius 1 is 1.60 bits per heavy atom. The Labute approximate surface area is 125 Å². The van der Waals surface area contributed by atoms with Crippen LogP contribution in [0.15, 0.2) is 23.2 Å². The van der Waals surface area contributed by atoms with Crippen LogP contribution in [0.1, 0.15) is 18.4 Å². The maximum Gasteiger partial charge on any atom is 0.223 e. The molecule has 0 fully saturated rings. The van der Waals surface area contributed by atoms with Crippen molar-refractivity contribution in [2.75, 3.05) is 5.32 Å². The summed E-state index contributed by atoms with van der Waals surface area (Å²) in [6, 6.07) is 0. The van der Waals surface area contributed by atoms with E-state index in [4.69, 9.17) is 0 Å². The predicted octanol–water partition coefficient (Wildman–Crippen LogP) is 2.48. The first-order valence-electron chi connectivity index (χ1n) is 5.95. The first kappa shape index (κ1) is 14.7. The van der Waals surface area contributed by atoms with Gasteiger partial charge in [-0.1, -0.05) is 17.8 Å². The Kier molecular flexibility index (Phi) is 4.91. The molecule has 2 rings (SSSR count). The number of anilines is 1. The fourth-order valence-electron chi connectivity index (χ4n) is 1.53. The van der Waals surface area contributed by atoms with E-state index in [1.165, 1.54) is 18.3 Å². The average molecular weight is 309 g/mol. The summed E-state index contributed by atoms with van der Waals surface area (Å²) >= 11 is 2.98. The van der Waals surface area contributed by atoms with Gasteiger partial charge in [0.2, 0.25) is 5.91 Å². The van der Waals surface area contributed by atoms with Crippen LogP contribution in [-0.2, 0) is 17.1 Å². The Hall–Kier alpha value is -1.67. The van der Waals surface area contributed by atoms with Crippen LogP contribution >= 0.6 is 23.1 Å². The van der Waals surface area contributed by atoms with E-state index in [1.54, 1.807) is 11.8 Å². The van der Waals surface area contributed by atoms with E-state index >= 15 is 0 Å². The van der Waals surface area contributed by atoms with Gasteiger partial charge in [0.05, 0.1) is 5.69 Å². The standard InChI is InChI=1S/C12H15N5OS2/c1-4-5-17-8(2)15-16-12(17)20-7-10-6-19-11(14-10)13-9(3)18/h4,6H,1,5,7H2,2-3H3,(H,13,14,18). The van der Waals surface area contributed by atoms with E-state index in [9.17, 15) is 4.79 Å². The number of thioether (sulfide) groups is 1. The highest BCUT2D eigenvalue weighted by Crippen LogP contribution is 2.24. The molecule has 0 unspecified atom stereocenters. The lowest BCUT2D eigenvalue weighted by molar-refractivity contribution is -0.114. The molecule has 1 amide bonds. The zero-order valence-electron chi connectivity index (χ0n) is 11.3. The van der Waals surface area contributed by atoms with Gasteiger partial charge in [-0.3, -0.25) is 4.79 Å². The summed E-state index contributed by atoms with van der Waals surface area (Å²) in [5.41, 5.74) is 0.912. The number of hydrogen-bond donors (Lipinski definition) is 1. The highest BCUT2D eigenvalue weighted by Gasteiger charge is 2.10. The van der Waals surface area contributed by atoms with E-state index in [0.29, 0.717) is 17.4 Å². The molecule has 6 nitrogen and oxygen atoms in total. The van der Waals surface area contributed by atoms with Gasteiger partial charge in [-0.2, -0.15) is 0 Å². The van der Waals surface area contributed by atoms with Crippen molar-refractivity contribution in [3.8, 4) is 0 Å². The van der Waals surface area contributed by atoms with Crippen LogP contribution < -0.4 is 5.32 Å². The molecule has 20 heavy (non-hydrogen) atoms. The molecule has 106 valence electrons. The lowest BCUT2D eigenvalue weighted by atomic mass is 10.6. The fourth-order valence-corrected chi connectivity index (χ4v) is 3.28. The number of aromatic nitrogens is 4. The zero-order chi connectivity index (χ0) is 14.5. The highest BCUT2D eigenvalue weighted by molar-refractivity contribution is 7.98. The number of hydrogen-bond acceptors (Lipinski definition) is 6. The molecule has 0 spiro atoms. The minimum atomic E-state index is -0.111. The summed E-state index contributed by atoms with van der Waals surface area (Å²) in [6.45, 7) is 7.80.